The van der Waals surface area contributed by atoms with Crippen molar-refractivity contribution in [2.24, 2.45) is 11.8 Å². The summed E-state index contributed by atoms with van der Waals surface area (Å²) >= 11 is 0. The van der Waals surface area contributed by atoms with Crippen LogP contribution in [0.5, 0.6) is 0 Å². The van der Waals surface area contributed by atoms with E-state index < -0.39 is 0 Å². The number of rotatable bonds is 5. The van der Waals surface area contributed by atoms with E-state index in [9.17, 15) is 0 Å². The maximum absolute atomic E-state index is 2.91. The van der Waals surface area contributed by atoms with Gasteiger partial charge in [-0.1, -0.05) is 158 Å². The van der Waals surface area contributed by atoms with Gasteiger partial charge in [0.25, 0.3) is 0 Å². The number of fused-ring (bicyclic) bond motifs is 12. The van der Waals surface area contributed by atoms with Gasteiger partial charge in [-0.25, -0.2) is 0 Å². The fourth-order valence-corrected chi connectivity index (χ4v) is 14.2. The molecule has 11 aliphatic rings. The van der Waals surface area contributed by atoms with E-state index in [2.05, 4.69) is 201 Å². The van der Waals surface area contributed by atoms with Gasteiger partial charge in [-0.2, -0.15) is 0 Å². The highest BCUT2D eigenvalue weighted by Gasteiger charge is 2.52. The Balaban J connectivity index is 0.769. The maximum Gasteiger partial charge on any atom is 0.0607 e. The maximum atomic E-state index is 2.91. The van der Waals surface area contributed by atoms with E-state index in [1.807, 2.05) is 0 Å². The highest BCUT2D eigenvalue weighted by molar-refractivity contribution is 5.96. The number of benzene rings is 2. The van der Waals surface area contributed by atoms with Crippen LogP contribution >= 0.6 is 0 Å². The molecule has 1 aromatic heterocycles. The predicted octanol–water partition coefficient (Wildman–Crippen LogP) is 12.6. The quantitative estimate of drug-likeness (QED) is 0.238. The average Bonchev–Trinajstić information content (AvgIpc) is 4.08. The summed E-state index contributed by atoms with van der Waals surface area (Å²) in [5.41, 5.74) is 16.2. The Labute approximate surface area is 378 Å². The van der Waals surface area contributed by atoms with E-state index in [0.717, 1.165) is 38.5 Å². The standard InChI is InChI=1S/C60H56N4/c1-3-19-41(20-4-1)61-52-29-11-8-26-46(52)50-38-58-51(37-57(50)61)47-27-9-12-30-53(47)63(58)44-24-16-18-40(36-44)39-17-15-23-43(35-39)62-55-32-14-10-28-49(55)59-56(62)34-33-48-45-25-7-13-31-54(45)64(60(48)59)42-21-5-2-6-22-42/h1,3-5,7-11,13-19,21-29,31-34,38,41,43-44,46-47,52-53,56-57,59H,2,6,12,20,30,35-37H2. The van der Waals surface area contributed by atoms with Crippen molar-refractivity contribution in [3.05, 3.63) is 221 Å². The molecule has 3 aliphatic heterocycles. The molecule has 10 atom stereocenters. The Bertz CT molecular complexity index is 2940. The van der Waals surface area contributed by atoms with E-state index in [-0.39, 0.29) is 18.0 Å². The van der Waals surface area contributed by atoms with E-state index in [1.165, 1.54) is 63.1 Å². The average molecular weight is 833 g/mol. The Kier molecular flexibility index (Phi) is 8.58. The number of anilines is 1. The molecule has 4 heteroatoms. The molecule has 3 aromatic rings. The summed E-state index contributed by atoms with van der Waals surface area (Å²) in [4.78, 5) is 8.57. The van der Waals surface area contributed by atoms with Gasteiger partial charge in [0.1, 0.15) is 0 Å². The topological polar surface area (TPSA) is 14.7 Å². The molecular formula is C60H56N4. The van der Waals surface area contributed by atoms with Crippen LogP contribution in [0.2, 0.25) is 0 Å². The second kappa shape index (κ2) is 14.7. The van der Waals surface area contributed by atoms with Gasteiger partial charge >= 0.3 is 0 Å². The van der Waals surface area contributed by atoms with Crippen molar-refractivity contribution in [2.75, 3.05) is 4.90 Å². The Morgan fingerprint density at radius 1 is 0.594 bits per heavy atom. The molecule has 0 spiro atoms. The lowest BCUT2D eigenvalue weighted by Gasteiger charge is -2.40. The molecule has 4 heterocycles. The van der Waals surface area contributed by atoms with Gasteiger partial charge in [0.05, 0.1) is 29.6 Å². The monoisotopic (exact) mass is 832 g/mol. The minimum absolute atomic E-state index is 0.240. The van der Waals surface area contributed by atoms with Crippen molar-refractivity contribution in [1.29, 1.82) is 0 Å². The Morgan fingerprint density at radius 2 is 1.41 bits per heavy atom. The first-order valence-corrected chi connectivity index (χ1v) is 24.4. The van der Waals surface area contributed by atoms with Crippen LogP contribution in [0.15, 0.2) is 204 Å². The number of likely N-dealkylation sites (tertiary alicyclic amines) is 1. The van der Waals surface area contributed by atoms with Crippen LogP contribution in [0.4, 0.5) is 5.69 Å². The normalized spacial score (nSPS) is 33.7. The van der Waals surface area contributed by atoms with Crippen molar-refractivity contribution in [3.8, 4) is 0 Å². The van der Waals surface area contributed by atoms with Gasteiger partial charge in [-0.3, -0.25) is 4.90 Å². The first-order valence-electron chi connectivity index (χ1n) is 24.4. The minimum atomic E-state index is 0.240. The highest BCUT2D eigenvalue weighted by Crippen LogP contribution is 2.55. The van der Waals surface area contributed by atoms with Crippen molar-refractivity contribution >= 4 is 28.4 Å². The molecule has 64 heavy (non-hydrogen) atoms. The number of nitrogens with zero attached hydrogens (tertiary/aromatic N) is 4. The lowest BCUT2D eigenvalue weighted by atomic mass is 9.79. The predicted molar refractivity (Wildman–Crippen MR) is 265 cm³/mol. The molecule has 0 amide bonds. The van der Waals surface area contributed by atoms with Crippen LogP contribution in [0.1, 0.15) is 74.1 Å². The molecule has 4 nitrogen and oxygen atoms in total. The second-order valence-electron chi connectivity index (χ2n) is 19.9. The van der Waals surface area contributed by atoms with Gasteiger partial charge in [0.2, 0.25) is 0 Å². The van der Waals surface area contributed by atoms with E-state index in [0.29, 0.717) is 42.0 Å². The Hall–Kier alpha value is -6.10. The van der Waals surface area contributed by atoms with Crippen LogP contribution in [-0.4, -0.2) is 56.7 Å². The summed E-state index contributed by atoms with van der Waals surface area (Å²) in [5, 5.41) is 1.35. The minimum Gasteiger partial charge on any atom is -0.361 e. The van der Waals surface area contributed by atoms with Gasteiger partial charge in [0, 0.05) is 69.7 Å². The van der Waals surface area contributed by atoms with Crippen LogP contribution in [0.3, 0.4) is 0 Å². The van der Waals surface area contributed by atoms with Crippen LogP contribution in [-0.2, 0) is 0 Å². The molecule has 0 radical (unpaired) electrons. The van der Waals surface area contributed by atoms with Crippen molar-refractivity contribution in [3.63, 3.8) is 0 Å². The number of allylic oxidation sites excluding steroid dienone is 14. The molecule has 316 valence electrons. The summed E-state index contributed by atoms with van der Waals surface area (Å²) in [5.74, 6) is 1.20. The summed E-state index contributed by atoms with van der Waals surface area (Å²) in [6.07, 6.45) is 62.4. The van der Waals surface area contributed by atoms with Gasteiger partial charge in [-0.05, 0) is 104 Å². The molecule has 14 rings (SSSR count). The molecular weight excluding hydrogens is 777 g/mol. The van der Waals surface area contributed by atoms with Crippen LogP contribution in [0.25, 0.3) is 22.7 Å². The van der Waals surface area contributed by atoms with Gasteiger partial charge in [0.15, 0.2) is 0 Å². The van der Waals surface area contributed by atoms with Crippen molar-refractivity contribution < 1.29 is 0 Å². The third kappa shape index (κ3) is 5.51. The zero-order chi connectivity index (χ0) is 41.9. The van der Waals surface area contributed by atoms with E-state index in [1.54, 1.807) is 16.8 Å². The number of para-hydroxylation sites is 2. The van der Waals surface area contributed by atoms with Crippen molar-refractivity contribution in [2.45, 2.75) is 99.6 Å². The largest absolute Gasteiger partial charge is 0.361 e. The number of hydrogen-bond donors (Lipinski definition) is 0. The molecule has 0 bridgehead atoms. The summed E-state index contributed by atoms with van der Waals surface area (Å²) < 4.78 is 2.60. The van der Waals surface area contributed by atoms with E-state index >= 15 is 0 Å². The SMILES string of the molecule is C1=CCC(N2C3CC4=C(C=C3C3C=CC=CC32)N(C2C=CC=C(C3=CC=CC(N5c6ccccc6C6c7c(c8ccccc8n7C7=CCCC=C7)C=CC65)C3)C2)C2CCC=CC42)C=C1. The second-order valence-corrected chi connectivity index (χ2v) is 19.9. The molecule has 1 fully saturated rings. The van der Waals surface area contributed by atoms with E-state index in [4.69, 9.17) is 0 Å². The van der Waals surface area contributed by atoms with Gasteiger partial charge in [-0.15, -0.1) is 0 Å². The number of hydrogen-bond acceptors (Lipinski definition) is 3. The summed E-state index contributed by atoms with van der Waals surface area (Å²) in [6.45, 7) is 0. The third-order valence-electron chi connectivity index (χ3n) is 16.8. The van der Waals surface area contributed by atoms with Crippen LogP contribution in [0, 0.1) is 11.8 Å². The summed E-state index contributed by atoms with van der Waals surface area (Å²) in [6, 6.07) is 21.1. The molecule has 0 N–H and O–H groups in total. The zero-order valence-electron chi connectivity index (χ0n) is 36.5. The molecule has 2 aromatic carbocycles. The smallest absolute Gasteiger partial charge is 0.0607 e. The van der Waals surface area contributed by atoms with Crippen LogP contribution < -0.4 is 4.90 Å². The fourth-order valence-electron chi connectivity index (χ4n) is 14.2. The zero-order valence-corrected chi connectivity index (χ0v) is 36.5. The molecule has 0 saturated carbocycles. The fraction of sp³-hybridized carbons (Fsp3) is 0.300. The highest BCUT2D eigenvalue weighted by atomic mass is 15.3. The molecule has 1 saturated heterocycles. The first kappa shape index (κ1) is 37.3. The Morgan fingerprint density at radius 3 is 2.27 bits per heavy atom. The molecule has 8 aliphatic carbocycles. The lowest BCUT2D eigenvalue weighted by Crippen LogP contribution is -2.44. The lowest BCUT2D eigenvalue weighted by molar-refractivity contribution is 0.175. The van der Waals surface area contributed by atoms with Crippen molar-refractivity contribution in [1.82, 2.24) is 14.4 Å². The van der Waals surface area contributed by atoms with Gasteiger partial charge < -0.3 is 14.4 Å². The molecule has 10 unspecified atom stereocenters. The number of aromatic nitrogens is 1. The first-order chi connectivity index (χ1) is 31.8. The summed E-state index contributed by atoms with van der Waals surface area (Å²) in [7, 11) is 0. The third-order valence-corrected chi connectivity index (χ3v) is 16.8.